The van der Waals surface area contributed by atoms with Crippen molar-refractivity contribution in [3.63, 3.8) is 0 Å². The summed E-state index contributed by atoms with van der Waals surface area (Å²) in [4.78, 5) is 4.04. The van der Waals surface area contributed by atoms with Gasteiger partial charge in [0.05, 0.1) is 5.60 Å². The molecule has 0 radical (unpaired) electrons. The lowest BCUT2D eigenvalue weighted by atomic mass is 10.1. The topological polar surface area (TPSA) is 33.1 Å². The van der Waals surface area contributed by atoms with Gasteiger partial charge in [-0.15, -0.1) is 0 Å². The van der Waals surface area contributed by atoms with E-state index in [1.807, 2.05) is 12.1 Å². The number of aromatic nitrogens is 1. The van der Waals surface area contributed by atoms with Gasteiger partial charge in [0.1, 0.15) is 4.60 Å². The van der Waals surface area contributed by atoms with Crippen LogP contribution in [0.1, 0.15) is 18.4 Å². The minimum absolute atomic E-state index is 0.548. The highest BCUT2D eigenvalue weighted by Crippen LogP contribution is 2.44. The van der Waals surface area contributed by atoms with Crippen molar-refractivity contribution in [3.8, 4) is 0 Å². The molecule has 58 valence electrons. The third-order valence-corrected chi connectivity index (χ3v) is 2.46. The van der Waals surface area contributed by atoms with Crippen molar-refractivity contribution in [2.75, 3.05) is 0 Å². The van der Waals surface area contributed by atoms with E-state index in [-0.39, 0.29) is 0 Å². The van der Waals surface area contributed by atoms with E-state index in [1.54, 1.807) is 6.20 Å². The Morgan fingerprint density at radius 2 is 2.18 bits per heavy atom. The summed E-state index contributed by atoms with van der Waals surface area (Å²) in [6, 6.07) is 3.76. The predicted molar refractivity (Wildman–Crippen MR) is 45.1 cm³/mol. The molecule has 0 aromatic carbocycles. The molecule has 0 aliphatic heterocycles. The van der Waals surface area contributed by atoms with Crippen LogP contribution >= 0.6 is 15.9 Å². The number of rotatable bonds is 1. The first-order valence-corrected chi connectivity index (χ1v) is 4.34. The Morgan fingerprint density at radius 3 is 2.64 bits per heavy atom. The molecule has 2 rings (SSSR count). The van der Waals surface area contributed by atoms with Crippen LogP contribution < -0.4 is 0 Å². The van der Waals surface area contributed by atoms with Gasteiger partial charge in [-0.2, -0.15) is 0 Å². The van der Waals surface area contributed by atoms with Crippen molar-refractivity contribution in [1.29, 1.82) is 0 Å². The maximum absolute atomic E-state index is 9.64. The van der Waals surface area contributed by atoms with E-state index in [2.05, 4.69) is 20.9 Å². The molecule has 3 heteroatoms. The lowest BCUT2D eigenvalue weighted by Gasteiger charge is -2.05. The van der Waals surface area contributed by atoms with Crippen LogP contribution in [0.3, 0.4) is 0 Å². The van der Waals surface area contributed by atoms with Crippen LogP contribution in [0.25, 0.3) is 0 Å². The highest BCUT2D eigenvalue weighted by Gasteiger charge is 2.42. The van der Waals surface area contributed by atoms with Gasteiger partial charge in [-0.3, -0.25) is 0 Å². The van der Waals surface area contributed by atoms with Gasteiger partial charge in [-0.05, 0) is 34.8 Å². The van der Waals surface area contributed by atoms with Crippen LogP contribution in [0.4, 0.5) is 0 Å². The Kier molecular flexibility index (Phi) is 1.51. The summed E-state index contributed by atoms with van der Waals surface area (Å²) in [5.41, 5.74) is 0.383. The van der Waals surface area contributed by atoms with Crippen LogP contribution in [0.5, 0.6) is 0 Å². The first-order valence-electron chi connectivity index (χ1n) is 3.55. The summed E-state index contributed by atoms with van der Waals surface area (Å²) in [7, 11) is 0. The third-order valence-electron chi connectivity index (χ3n) is 1.99. The van der Waals surface area contributed by atoms with E-state index >= 15 is 0 Å². The van der Waals surface area contributed by atoms with Gasteiger partial charge in [-0.25, -0.2) is 4.98 Å². The van der Waals surface area contributed by atoms with Gasteiger partial charge >= 0.3 is 0 Å². The molecule has 1 saturated carbocycles. The second-order valence-corrected chi connectivity index (χ2v) is 3.71. The van der Waals surface area contributed by atoms with Crippen LogP contribution in [0.2, 0.25) is 0 Å². The molecular weight excluding hydrogens is 206 g/mol. The Hall–Kier alpha value is -0.410. The molecule has 1 aromatic heterocycles. The molecule has 0 atom stereocenters. The van der Waals surface area contributed by atoms with Crippen molar-refractivity contribution >= 4 is 15.9 Å². The molecule has 11 heavy (non-hydrogen) atoms. The van der Waals surface area contributed by atoms with Crippen LogP contribution in [0.15, 0.2) is 22.9 Å². The SMILES string of the molecule is OC1(c2ccc(Br)nc2)CC1. The minimum Gasteiger partial charge on any atom is -0.385 e. The second-order valence-electron chi connectivity index (χ2n) is 2.90. The van der Waals surface area contributed by atoms with E-state index in [9.17, 15) is 5.11 Å². The Balaban J connectivity index is 2.33. The lowest BCUT2D eigenvalue weighted by Crippen LogP contribution is -2.03. The van der Waals surface area contributed by atoms with E-state index in [0.717, 1.165) is 23.0 Å². The average molecular weight is 214 g/mol. The molecule has 0 spiro atoms. The van der Waals surface area contributed by atoms with Crippen LogP contribution in [0, 0.1) is 0 Å². The van der Waals surface area contributed by atoms with Gasteiger partial charge < -0.3 is 5.11 Å². The maximum Gasteiger partial charge on any atom is 0.106 e. The highest BCUT2D eigenvalue weighted by molar-refractivity contribution is 9.10. The number of hydrogen-bond acceptors (Lipinski definition) is 2. The van der Waals surface area contributed by atoms with Crippen LogP contribution in [-0.2, 0) is 5.60 Å². The van der Waals surface area contributed by atoms with Gasteiger partial charge in [0.25, 0.3) is 0 Å². The van der Waals surface area contributed by atoms with Gasteiger partial charge in [-0.1, -0.05) is 6.07 Å². The fourth-order valence-corrected chi connectivity index (χ4v) is 1.29. The van der Waals surface area contributed by atoms with Gasteiger partial charge in [0, 0.05) is 11.8 Å². The molecule has 1 N–H and O–H groups in total. The molecule has 0 unspecified atom stereocenters. The Morgan fingerprint density at radius 1 is 1.45 bits per heavy atom. The molecule has 0 saturated heterocycles. The summed E-state index contributed by atoms with van der Waals surface area (Å²) in [6.07, 6.45) is 3.46. The molecule has 1 aliphatic rings. The van der Waals surface area contributed by atoms with E-state index in [4.69, 9.17) is 0 Å². The van der Waals surface area contributed by atoms with Crippen molar-refractivity contribution in [3.05, 3.63) is 28.5 Å². The fraction of sp³-hybridized carbons (Fsp3) is 0.375. The quantitative estimate of drug-likeness (QED) is 0.723. The van der Waals surface area contributed by atoms with Gasteiger partial charge in [0.15, 0.2) is 0 Å². The highest BCUT2D eigenvalue weighted by atomic mass is 79.9. The first kappa shape index (κ1) is 7.25. The van der Waals surface area contributed by atoms with Crippen molar-refractivity contribution in [2.45, 2.75) is 18.4 Å². The van der Waals surface area contributed by atoms with Crippen molar-refractivity contribution in [1.82, 2.24) is 4.98 Å². The molecule has 1 aliphatic carbocycles. The summed E-state index contributed by atoms with van der Waals surface area (Å²) in [6.45, 7) is 0. The minimum atomic E-state index is -0.548. The van der Waals surface area contributed by atoms with E-state index < -0.39 is 5.60 Å². The molecule has 1 aromatic rings. The van der Waals surface area contributed by atoms with E-state index in [1.165, 1.54) is 0 Å². The molecule has 2 nitrogen and oxygen atoms in total. The normalized spacial score (nSPS) is 19.8. The van der Waals surface area contributed by atoms with E-state index in [0.29, 0.717) is 0 Å². The Bertz CT molecular complexity index is 266. The van der Waals surface area contributed by atoms with Crippen LogP contribution in [-0.4, -0.2) is 10.1 Å². The van der Waals surface area contributed by atoms with Crippen molar-refractivity contribution in [2.24, 2.45) is 0 Å². The lowest BCUT2D eigenvalue weighted by molar-refractivity contribution is 0.151. The molecular formula is C8H8BrNO. The summed E-state index contributed by atoms with van der Waals surface area (Å²) >= 11 is 3.24. The summed E-state index contributed by atoms with van der Waals surface area (Å²) in [5.74, 6) is 0. The first-order chi connectivity index (χ1) is 5.21. The monoisotopic (exact) mass is 213 g/mol. The number of hydrogen-bond donors (Lipinski definition) is 1. The largest absolute Gasteiger partial charge is 0.385 e. The summed E-state index contributed by atoms with van der Waals surface area (Å²) in [5, 5.41) is 9.64. The maximum atomic E-state index is 9.64. The summed E-state index contributed by atoms with van der Waals surface area (Å²) < 4.78 is 0.811. The zero-order valence-corrected chi connectivity index (χ0v) is 7.50. The number of aliphatic hydroxyl groups is 1. The fourth-order valence-electron chi connectivity index (χ4n) is 1.06. The number of nitrogens with zero attached hydrogens (tertiary/aromatic N) is 1. The third kappa shape index (κ3) is 1.30. The number of halogens is 1. The van der Waals surface area contributed by atoms with Gasteiger partial charge in [0.2, 0.25) is 0 Å². The zero-order chi connectivity index (χ0) is 7.90. The molecule has 0 amide bonds. The molecule has 1 heterocycles. The smallest absolute Gasteiger partial charge is 0.106 e. The second kappa shape index (κ2) is 2.29. The predicted octanol–water partition coefficient (Wildman–Crippen LogP) is 1.83. The molecule has 1 fully saturated rings. The Labute approximate surface area is 73.4 Å². The standard InChI is InChI=1S/C8H8BrNO/c9-7-2-1-6(5-10-7)8(11)3-4-8/h1-2,5,11H,3-4H2. The number of pyridine rings is 1. The zero-order valence-electron chi connectivity index (χ0n) is 5.92. The average Bonchev–Trinajstić information content (AvgIpc) is 2.70. The van der Waals surface area contributed by atoms with Crippen molar-refractivity contribution < 1.29 is 5.11 Å². The molecule has 0 bridgehead atoms.